The summed E-state index contributed by atoms with van der Waals surface area (Å²) in [6.07, 6.45) is -1.94. The maximum absolute atomic E-state index is 12.7. The van der Waals surface area contributed by atoms with E-state index in [0.29, 0.717) is 25.5 Å². The Morgan fingerprint density at radius 3 is 2.43 bits per heavy atom. The van der Waals surface area contributed by atoms with Crippen molar-refractivity contribution in [2.45, 2.75) is 38.2 Å². The Kier molecular flexibility index (Phi) is 6.96. The number of methoxy groups -OCH3 is 1. The van der Waals surface area contributed by atoms with Gasteiger partial charge in [0, 0.05) is 31.9 Å². The molecule has 0 aliphatic carbocycles. The van der Waals surface area contributed by atoms with E-state index in [1.165, 1.54) is 19.2 Å². The molecule has 0 atom stereocenters. The van der Waals surface area contributed by atoms with Crippen LogP contribution in [0.25, 0.3) is 0 Å². The van der Waals surface area contributed by atoms with Gasteiger partial charge in [0.15, 0.2) is 11.5 Å². The van der Waals surface area contributed by atoms with Crippen molar-refractivity contribution in [1.29, 1.82) is 0 Å². The van der Waals surface area contributed by atoms with Crippen molar-refractivity contribution >= 4 is 5.82 Å². The lowest BCUT2D eigenvalue weighted by atomic mass is 10.0. The molecule has 2 heterocycles. The van der Waals surface area contributed by atoms with Crippen LogP contribution in [0.4, 0.5) is 27.8 Å². The van der Waals surface area contributed by atoms with Gasteiger partial charge >= 0.3 is 12.8 Å². The van der Waals surface area contributed by atoms with Crippen molar-refractivity contribution in [3.8, 4) is 11.5 Å². The maximum atomic E-state index is 12.7. The first kappa shape index (κ1) is 22.1. The van der Waals surface area contributed by atoms with Crippen molar-refractivity contribution in [3.05, 3.63) is 47.7 Å². The summed E-state index contributed by atoms with van der Waals surface area (Å²) in [6, 6.07) is 7.44. The van der Waals surface area contributed by atoms with E-state index in [1.54, 1.807) is 12.1 Å². The third kappa shape index (κ3) is 5.71. The largest absolute Gasteiger partial charge is 0.493 e. The molecule has 1 aromatic carbocycles. The number of anilines is 1. The van der Waals surface area contributed by atoms with Crippen LogP contribution in [0.3, 0.4) is 0 Å². The predicted molar refractivity (Wildman–Crippen MR) is 101 cm³/mol. The first-order valence-electron chi connectivity index (χ1n) is 9.39. The molecule has 0 unspecified atom stereocenters. The standard InChI is InChI=1S/C20H22F5N3O2/c1-29-17-10-13(2-4-16(17)30-19(21)22)11-26-15-6-8-28(9-7-15)18-5-3-14(12-27-18)20(23,24)25/h2-5,10,12,15,19,26H,6-9,11H2,1H3. The Bertz CT molecular complexity index is 822. The fourth-order valence-electron chi connectivity index (χ4n) is 3.33. The molecule has 10 heteroatoms. The molecule has 0 saturated carbocycles. The van der Waals surface area contributed by atoms with Gasteiger partial charge in [0.1, 0.15) is 5.82 Å². The molecule has 0 radical (unpaired) electrons. The number of hydrogen-bond donors (Lipinski definition) is 1. The lowest BCUT2D eigenvalue weighted by Crippen LogP contribution is -2.42. The molecule has 0 bridgehead atoms. The molecule has 5 nitrogen and oxygen atoms in total. The van der Waals surface area contributed by atoms with Crippen LogP contribution in [0.1, 0.15) is 24.0 Å². The molecule has 1 fully saturated rings. The molecule has 30 heavy (non-hydrogen) atoms. The molecule has 1 aliphatic rings. The second-order valence-electron chi connectivity index (χ2n) is 6.91. The average Bonchev–Trinajstić information content (AvgIpc) is 2.72. The van der Waals surface area contributed by atoms with Gasteiger partial charge in [0.05, 0.1) is 12.7 Å². The molecule has 2 aromatic rings. The summed E-state index contributed by atoms with van der Waals surface area (Å²) in [5.74, 6) is 0.743. The third-order valence-corrected chi connectivity index (χ3v) is 4.93. The molecule has 1 aliphatic heterocycles. The smallest absolute Gasteiger partial charge is 0.417 e. The predicted octanol–water partition coefficient (Wildman–Crippen LogP) is 4.47. The fraction of sp³-hybridized carbons (Fsp3) is 0.450. The number of benzene rings is 1. The van der Waals surface area contributed by atoms with Crippen LogP contribution in [0, 0.1) is 0 Å². The Labute approximate surface area is 170 Å². The van der Waals surface area contributed by atoms with Crippen LogP contribution in [-0.2, 0) is 12.7 Å². The SMILES string of the molecule is COc1cc(CNC2CCN(c3ccc(C(F)(F)F)cn3)CC2)ccc1OC(F)F. The third-order valence-electron chi connectivity index (χ3n) is 4.93. The van der Waals surface area contributed by atoms with Gasteiger partial charge in [-0.3, -0.25) is 0 Å². The zero-order chi connectivity index (χ0) is 21.7. The molecule has 0 spiro atoms. The van der Waals surface area contributed by atoms with Gasteiger partial charge in [-0.1, -0.05) is 6.07 Å². The second-order valence-corrected chi connectivity index (χ2v) is 6.91. The Morgan fingerprint density at radius 2 is 1.87 bits per heavy atom. The monoisotopic (exact) mass is 431 g/mol. The van der Waals surface area contributed by atoms with Gasteiger partial charge in [-0.2, -0.15) is 22.0 Å². The van der Waals surface area contributed by atoms with Crippen LogP contribution in [0.2, 0.25) is 0 Å². The summed E-state index contributed by atoms with van der Waals surface area (Å²) in [5.41, 5.74) is 0.100. The van der Waals surface area contributed by atoms with Gasteiger partial charge in [-0.05, 0) is 42.7 Å². The average molecular weight is 431 g/mol. The number of nitrogens with zero attached hydrogens (tertiary/aromatic N) is 2. The van der Waals surface area contributed by atoms with Gasteiger partial charge in [-0.25, -0.2) is 4.98 Å². The molecule has 1 aromatic heterocycles. The molecule has 0 amide bonds. The minimum absolute atomic E-state index is 0.0198. The van der Waals surface area contributed by atoms with Crippen LogP contribution in [0.5, 0.6) is 11.5 Å². The van der Waals surface area contributed by atoms with E-state index in [4.69, 9.17) is 4.74 Å². The van der Waals surface area contributed by atoms with Gasteiger partial charge < -0.3 is 19.7 Å². The van der Waals surface area contributed by atoms with Crippen LogP contribution in [-0.4, -0.2) is 37.8 Å². The number of nitrogens with one attached hydrogen (secondary N) is 1. The van der Waals surface area contributed by atoms with Gasteiger partial charge in [0.25, 0.3) is 0 Å². The molecular formula is C20H22F5N3O2. The molecular weight excluding hydrogens is 409 g/mol. The van der Waals surface area contributed by atoms with Crippen molar-refractivity contribution in [3.63, 3.8) is 0 Å². The van der Waals surface area contributed by atoms with Crippen molar-refractivity contribution < 1.29 is 31.4 Å². The quantitative estimate of drug-likeness (QED) is 0.656. The van der Waals surface area contributed by atoms with Crippen LogP contribution in [0.15, 0.2) is 36.5 Å². The van der Waals surface area contributed by atoms with E-state index in [2.05, 4.69) is 15.0 Å². The summed E-state index contributed by atoms with van der Waals surface area (Å²) in [6.45, 7) is -1.07. The minimum atomic E-state index is -4.39. The number of halogens is 5. The number of hydrogen-bond acceptors (Lipinski definition) is 5. The number of ether oxygens (including phenoxy) is 2. The highest BCUT2D eigenvalue weighted by Crippen LogP contribution is 2.31. The topological polar surface area (TPSA) is 46.6 Å². The van der Waals surface area contributed by atoms with E-state index >= 15 is 0 Å². The first-order chi connectivity index (χ1) is 14.3. The second kappa shape index (κ2) is 9.46. The molecule has 1 N–H and O–H groups in total. The van der Waals surface area contributed by atoms with E-state index in [9.17, 15) is 22.0 Å². The number of aromatic nitrogens is 1. The normalized spacial score (nSPS) is 15.5. The number of rotatable bonds is 7. The van der Waals surface area contributed by atoms with Gasteiger partial charge in [-0.15, -0.1) is 0 Å². The zero-order valence-corrected chi connectivity index (χ0v) is 16.3. The lowest BCUT2D eigenvalue weighted by molar-refractivity contribution is -0.137. The van der Waals surface area contributed by atoms with E-state index in [0.717, 1.165) is 30.7 Å². The van der Waals surface area contributed by atoms with Gasteiger partial charge in [0.2, 0.25) is 0 Å². The highest BCUT2D eigenvalue weighted by molar-refractivity contribution is 5.43. The first-order valence-corrected chi connectivity index (χ1v) is 9.39. The molecule has 1 saturated heterocycles. The minimum Gasteiger partial charge on any atom is -0.493 e. The summed E-state index contributed by atoms with van der Waals surface area (Å²) in [4.78, 5) is 5.90. The van der Waals surface area contributed by atoms with Crippen molar-refractivity contribution in [2.24, 2.45) is 0 Å². The Morgan fingerprint density at radius 1 is 1.13 bits per heavy atom. The zero-order valence-electron chi connectivity index (χ0n) is 16.3. The number of pyridine rings is 1. The van der Waals surface area contributed by atoms with Crippen LogP contribution < -0.4 is 19.7 Å². The van der Waals surface area contributed by atoms with E-state index in [1.807, 2.05) is 4.90 Å². The molecule has 164 valence electrons. The maximum Gasteiger partial charge on any atom is 0.417 e. The Balaban J connectivity index is 1.50. The Hall–Kier alpha value is -2.62. The van der Waals surface area contributed by atoms with Crippen molar-refractivity contribution in [2.75, 3.05) is 25.1 Å². The van der Waals surface area contributed by atoms with Crippen molar-refractivity contribution in [1.82, 2.24) is 10.3 Å². The highest BCUT2D eigenvalue weighted by atomic mass is 19.4. The summed E-state index contributed by atoms with van der Waals surface area (Å²) in [5, 5.41) is 3.41. The summed E-state index contributed by atoms with van der Waals surface area (Å²) >= 11 is 0. The number of alkyl halides is 5. The summed E-state index contributed by atoms with van der Waals surface area (Å²) < 4.78 is 72.3. The van der Waals surface area contributed by atoms with E-state index < -0.39 is 18.4 Å². The highest BCUT2D eigenvalue weighted by Gasteiger charge is 2.31. The van der Waals surface area contributed by atoms with E-state index in [-0.39, 0.29) is 17.5 Å². The molecule has 3 rings (SSSR count). The summed E-state index contributed by atoms with van der Waals surface area (Å²) in [7, 11) is 1.38. The lowest BCUT2D eigenvalue weighted by Gasteiger charge is -2.33. The van der Waals surface area contributed by atoms with Crippen LogP contribution >= 0.6 is 0 Å². The fourth-order valence-corrected chi connectivity index (χ4v) is 3.33. The number of piperidine rings is 1.